The van der Waals surface area contributed by atoms with Gasteiger partial charge in [0.25, 0.3) is 0 Å². The minimum atomic E-state index is -0.588. The molecule has 1 aromatic heterocycles. The Labute approximate surface area is 150 Å². The molecule has 0 aliphatic carbocycles. The van der Waals surface area contributed by atoms with Crippen LogP contribution in [0.15, 0.2) is 27.4 Å². The van der Waals surface area contributed by atoms with Crippen LogP contribution in [-0.2, 0) is 9.59 Å². The van der Waals surface area contributed by atoms with Gasteiger partial charge in [-0.1, -0.05) is 0 Å². The molecular formula is C18H22N2O4S. The number of rotatable bonds is 6. The van der Waals surface area contributed by atoms with Crippen molar-refractivity contribution in [1.29, 1.82) is 0 Å². The van der Waals surface area contributed by atoms with Crippen molar-refractivity contribution in [2.24, 2.45) is 0 Å². The molecule has 1 atom stereocenters. The summed E-state index contributed by atoms with van der Waals surface area (Å²) in [7, 11) is 0. The lowest BCUT2D eigenvalue weighted by atomic mass is 10.1. The van der Waals surface area contributed by atoms with Crippen LogP contribution in [0.1, 0.15) is 24.5 Å². The van der Waals surface area contributed by atoms with Crippen molar-refractivity contribution in [3.8, 4) is 0 Å². The average Bonchev–Trinajstić information content (AvgIpc) is 2.52. The Bertz CT molecular complexity index is 860. The zero-order chi connectivity index (χ0) is 18.6. The van der Waals surface area contributed by atoms with E-state index in [9.17, 15) is 14.4 Å². The third kappa shape index (κ3) is 4.85. The number of hydrogen-bond donors (Lipinski definition) is 2. The topological polar surface area (TPSA) is 88.4 Å². The van der Waals surface area contributed by atoms with E-state index >= 15 is 0 Å². The van der Waals surface area contributed by atoms with Crippen molar-refractivity contribution < 1.29 is 14.0 Å². The van der Waals surface area contributed by atoms with Gasteiger partial charge >= 0.3 is 5.63 Å². The van der Waals surface area contributed by atoms with Crippen molar-refractivity contribution in [3.05, 3.63) is 39.7 Å². The van der Waals surface area contributed by atoms with Crippen LogP contribution >= 0.6 is 11.8 Å². The molecule has 7 heteroatoms. The SMILES string of the molecule is CSCC[C@H](NC(C)=O)C(=O)Nc1cc2c(C)cc(=O)oc2cc1C. The predicted molar refractivity (Wildman–Crippen MR) is 101 cm³/mol. The molecule has 2 aromatic rings. The van der Waals surface area contributed by atoms with E-state index in [-0.39, 0.29) is 11.8 Å². The fraction of sp³-hybridized carbons (Fsp3) is 0.389. The molecule has 0 saturated carbocycles. The highest BCUT2D eigenvalue weighted by Gasteiger charge is 2.20. The Hall–Kier alpha value is -2.28. The molecule has 0 aliphatic heterocycles. The fourth-order valence-corrected chi connectivity index (χ4v) is 3.04. The molecule has 25 heavy (non-hydrogen) atoms. The average molecular weight is 362 g/mol. The smallest absolute Gasteiger partial charge is 0.336 e. The normalized spacial score (nSPS) is 12.0. The van der Waals surface area contributed by atoms with Gasteiger partial charge in [0.2, 0.25) is 11.8 Å². The van der Waals surface area contributed by atoms with E-state index < -0.39 is 11.7 Å². The molecule has 1 heterocycles. The Balaban J connectivity index is 2.31. The van der Waals surface area contributed by atoms with E-state index in [1.807, 2.05) is 20.1 Å². The van der Waals surface area contributed by atoms with Gasteiger partial charge in [0.1, 0.15) is 11.6 Å². The summed E-state index contributed by atoms with van der Waals surface area (Å²) in [5.41, 5.74) is 2.28. The lowest BCUT2D eigenvalue weighted by Gasteiger charge is -2.18. The molecule has 0 bridgehead atoms. The molecule has 6 nitrogen and oxygen atoms in total. The number of carbonyl (C=O) groups excluding carboxylic acids is 2. The van der Waals surface area contributed by atoms with Crippen LogP contribution in [0.2, 0.25) is 0 Å². The molecule has 2 rings (SSSR count). The summed E-state index contributed by atoms with van der Waals surface area (Å²) in [4.78, 5) is 35.4. The second-order valence-corrected chi connectivity index (χ2v) is 6.92. The van der Waals surface area contributed by atoms with Gasteiger partial charge in [-0.15, -0.1) is 0 Å². The second kappa shape index (κ2) is 8.20. The Morgan fingerprint density at radius 2 is 1.92 bits per heavy atom. The number of benzene rings is 1. The monoisotopic (exact) mass is 362 g/mol. The first-order valence-electron chi connectivity index (χ1n) is 7.94. The molecule has 0 spiro atoms. The highest BCUT2D eigenvalue weighted by molar-refractivity contribution is 7.98. The van der Waals surface area contributed by atoms with Crippen molar-refractivity contribution in [2.75, 3.05) is 17.3 Å². The van der Waals surface area contributed by atoms with Crippen LogP contribution in [0.5, 0.6) is 0 Å². The van der Waals surface area contributed by atoms with Gasteiger partial charge in [-0.2, -0.15) is 11.8 Å². The molecule has 1 aromatic carbocycles. The summed E-state index contributed by atoms with van der Waals surface area (Å²) in [6.07, 6.45) is 2.50. The van der Waals surface area contributed by atoms with Crippen LogP contribution in [0.3, 0.4) is 0 Å². The first kappa shape index (κ1) is 19.1. The van der Waals surface area contributed by atoms with E-state index in [1.54, 1.807) is 23.9 Å². The Morgan fingerprint density at radius 1 is 1.20 bits per heavy atom. The van der Waals surface area contributed by atoms with E-state index in [0.29, 0.717) is 17.7 Å². The standard InChI is InChI=1S/C18H22N2O4S/c1-10-8-17(22)24-16-7-11(2)15(9-13(10)16)20-18(23)14(5-6-25-4)19-12(3)21/h7-9,14H,5-6H2,1-4H3,(H,19,21)(H,20,23)/t14-/m0/s1. The lowest BCUT2D eigenvalue weighted by Crippen LogP contribution is -2.43. The summed E-state index contributed by atoms with van der Waals surface area (Å²) in [6, 6.07) is 4.35. The van der Waals surface area contributed by atoms with Crippen LogP contribution in [-0.4, -0.2) is 29.9 Å². The highest BCUT2D eigenvalue weighted by atomic mass is 32.2. The first-order chi connectivity index (χ1) is 11.8. The van der Waals surface area contributed by atoms with E-state index in [4.69, 9.17) is 4.42 Å². The number of carbonyl (C=O) groups is 2. The zero-order valence-corrected chi connectivity index (χ0v) is 15.6. The van der Waals surface area contributed by atoms with Gasteiger partial charge in [0, 0.05) is 24.1 Å². The van der Waals surface area contributed by atoms with E-state index in [0.717, 1.165) is 22.3 Å². The molecule has 0 radical (unpaired) electrons. The third-order valence-electron chi connectivity index (χ3n) is 3.86. The van der Waals surface area contributed by atoms with Crippen molar-refractivity contribution in [1.82, 2.24) is 5.32 Å². The molecule has 0 unspecified atom stereocenters. The maximum atomic E-state index is 12.6. The number of amides is 2. The van der Waals surface area contributed by atoms with Crippen LogP contribution < -0.4 is 16.3 Å². The van der Waals surface area contributed by atoms with Gasteiger partial charge < -0.3 is 15.1 Å². The number of fused-ring (bicyclic) bond motifs is 1. The minimum Gasteiger partial charge on any atom is -0.423 e. The zero-order valence-electron chi connectivity index (χ0n) is 14.8. The highest BCUT2D eigenvalue weighted by Crippen LogP contribution is 2.25. The van der Waals surface area contributed by atoms with Gasteiger partial charge in [0.15, 0.2) is 0 Å². The maximum absolute atomic E-state index is 12.6. The van der Waals surface area contributed by atoms with Crippen LogP contribution in [0, 0.1) is 13.8 Å². The Kier molecular flexibility index (Phi) is 6.25. The molecular weight excluding hydrogens is 340 g/mol. The molecule has 134 valence electrons. The Morgan fingerprint density at radius 3 is 2.56 bits per heavy atom. The van der Waals surface area contributed by atoms with Gasteiger partial charge in [0.05, 0.1) is 0 Å². The third-order valence-corrected chi connectivity index (χ3v) is 4.50. The maximum Gasteiger partial charge on any atom is 0.336 e. The number of nitrogens with one attached hydrogen (secondary N) is 2. The van der Waals surface area contributed by atoms with Crippen molar-refractivity contribution >= 4 is 40.2 Å². The van der Waals surface area contributed by atoms with E-state index in [2.05, 4.69) is 10.6 Å². The number of aryl methyl sites for hydroxylation is 2. The largest absolute Gasteiger partial charge is 0.423 e. The quantitative estimate of drug-likeness (QED) is 0.771. The van der Waals surface area contributed by atoms with Crippen LogP contribution in [0.25, 0.3) is 11.0 Å². The van der Waals surface area contributed by atoms with Crippen LogP contribution in [0.4, 0.5) is 5.69 Å². The van der Waals surface area contributed by atoms with Gasteiger partial charge in [-0.3, -0.25) is 9.59 Å². The molecule has 2 amide bonds. The molecule has 0 saturated heterocycles. The second-order valence-electron chi connectivity index (χ2n) is 5.94. The molecule has 0 aliphatic rings. The summed E-state index contributed by atoms with van der Waals surface area (Å²) < 4.78 is 5.21. The molecule has 0 fully saturated rings. The number of thioether (sulfide) groups is 1. The summed E-state index contributed by atoms with van der Waals surface area (Å²) >= 11 is 1.62. The number of hydrogen-bond acceptors (Lipinski definition) is 5. The number of anilines is 1. The molecule has 2 N–H and O–H groups in total. The lowest BCUT2D eigenvalue weighted by molar-refractivity contribution is -0.125. The van der Waals surface area contributed by atoms with Gasteiger partial charge in [-0.05, 0) is 55.5 Å². The summed E-state index contributed by atoms with van der Waals surface area (Å²) in [6.45, 7) is 5.04. The first-order valence-corrected chi connectivity index (χ1v) is 9.33. The van der Waals surface area contributed by atoms with Crippen molar-refractivity contribution in [3.63, 3.8) is 0 Å². The predicted octanol–water partition coefficient (Wildman–Crippen LogP) is 2.61. The van der Waals surface area contributed by atoms with E-state index in [1.165, 1.54) is 13.0 Å². The fourth-order valence-electron chi connectivity index (χ4n) is 2.57. The summed E-state index contributed by atoms with van der Waals surface area (Å²) in [5.74, 6) is 0.259. The van der Waals surface area contributed by atoms with Crippen molar-refractivity contribution in [2.45, 2.75) is 33.2 Å². The minimum absolute atomic E-state index is 0.242. The summed E-state index contributed by atoms with van der Waals surface area (Å²) in [5, 5.41) is 6.33. The van der Waals surface area contributed by atoms with Gasteiger partial charge in [-0.25, -0.2) is 4.79 Å².